The molecule has 3 unspecified atom stereocenters. The molecule has 0 saturated carbocycles. The van der Waals surface area contributed by atoms with Crippen molar-refractivity contribution >= 4 is 16.9 Å². The molecule has 5 heteroatoms. The molecule has 0 spiro atoms. The van der Waals surface area contributed by atoms with E-state index in [2.05, 4.69) is 83.0 Å². The van der Waals surface area contributed by atoms with Gasteiger partial charge in [-0.05, 0) is 49.2 Å². The number of para-hydroxylation sites is 1. The van der Waals surface area contributed by atoms with Crippen molar-refractivity contribution in [1.29, 1.82) is 0 Å². The van der Waals surface area contributed by atoms with Crippen LogP contribution in [0.3, 0.4) is 0 Å². The number of nitrogens with zero attached hydrogens (tertiary/aromatic N) is 4. The third-order valence-electron chi connectivity index (χ3n) is 5.79. The molecule has 4 nitrogen and oxygen atoms in total. The van der Waals surface area contributed by atoms with Gasteiger partial charge in [0.05, 0.1) is 5.69 Å². The van der Waals surface area contributed by atoms with E-state index < -0.39 is 0 Å². The van der Waals surface area contributed by atoms with Crippen LogP contribution in [0.1, 0.15) is 42.4 Å². The van der Waals surface area contributed by atoms with E-state index in [1.807, 2.05) is 24.0 Å². The van der Waals surface area contributed by atoms with E-state index in [0.29, 0.717) is 6.04 Å². The molecule has 5 rings (SSSR count). The molecule has 4 heterocycles. The zero-order valence-corrected chi connectivity index (χ0v) is 17.0. The highest BCUT2D eigenvalue weighted by Gasteiger charge is 2.46. The minimum absolute atomic E-state index is 0.0238. The average Bonchev–Trinajstić information content (AvgIpc) is 3.43. The fourth-order valence-corrected chi connectivity index (χ4v) is 5.70. The number of hydrogen-bond acceptors (Lipinski definition) is 4. The van der Waals surface area contributed by atoms with Gasteiger partial charge in [-0.1, -0.05) is 43.0 Å². The lowest BCUT2D eigenvalue weighted by Gasteiger charge is -2.32. The van der Waals surface area contributed by atoms with Crippen LogP contribution >= 0.6 is 11.8 Å². The Balaban J connectivity index is 1.65. The molecule has 1 saturated heterocycles. The number of aryl methyl sites for hydroxylation is 1. The van der Waals surface area contributed by atoms with Crippen LogP contribution in [-0.2, 0) is 0 Å². The van der Waals surface area contributed by atoms with E-state index in [1.54, 1.807) is 0 Å². The molecular weight excluding hydrogens is 364 g/mol. The van der Waals surface area contributed by atoms with Crippen molar-refractivity contribution in [3.8, 4) is 5.69 Å². The summed E-state index contributed by atoms with van der Waals surface area (Å²) >= 11 is 1.89. The highest BCUT2D eigenvalue weighted by molar-refractivity contribution is 8.14. The predicted molar refractivity (Wildman–Crippen MR) is 116 cm³/mol. The van der Waals surface area contributed by atoms with Crippen molar-refractivity contribution in [3.63, 3.8) is 0 Å². The Labute approximate surface area is 170 Å². The number of hydrogen-bond donors (Lipinski definition) is 0. The molecule has 0 aliphatic carbocycles. The standard InChI is InChI=1S/C23H24N4S/c1-3-17-15-28-23-25-21(18-10-6-7-13-24-18)22(27(17)23)20-12-8-14-26(20)19-11-5-4-9-16(19)2/h4-14,17,21-22H,3,15H2,1-2H3. The van der Waals surface area contributed by atoms with Crippen molar-refractivity contribution < 1.29 is 0 Å². The number of thioether (sulfide) groups is 1. The normalized spacial score (nSPS) is 23.7. The molecule has 0 amide bonds. The lowest BCUT2D eigenvalue weighted by molar-refractivity contribution is 0.249. The number of aromatic nitrogens is 2. The predicted octanol–water partition coefficient (Wildman–Crippen LogP) is 5.16. The quantitative estimate of drug-likeness (QED) is 0.619. The first kappa shape index (κ1) is 17.6. The van der Waals surface area contributed by atoms with Crippen LogP contribution in [-0.4, -0.2) is 31.4 Å². The van der Waals surface area contributed by atoms with Crippen LogP contribution in [0.4, 0.5) is 0 Å². The fourth-order valence-electron chi connectivity index (χ4n) is 4.36. The van der Waals surface area contributed by atoms with E-state index >= 15 is 0 Å². The first-order chi connectivity index (χ1) is 13.8. The molecule has 1 fully saturated rings. The van der Waals surface area contributed by atoms with E-state index in [9.17, 15) is 0 Å². The van der Waals surface area contributed by atoms with Gasteiger partial charge < -0.3 is 9.47 Å². The topological polar surface area (TPSA) is 33.4 Å². The van der Waals surface area contributed by atoms with Crippen molar-refractivity contribution in [2.75, 3.05) is 5.75 Å². The Morgan fingerprint density at radius 1 is 1.07 bits per heavy atom. The number of rotatable bonds is 4. The number of pyridine rings is 1. The van der Waals surface area contributed by atoms with Gasteiger partial charge in [-0.2, -0.15) is 0 Å². The summed E-state index contributed by atoms with van der Waals surface area (Å²) in [7, 11) is 0. The first-order valence-electron chi connectivity index (χ1n) is 9.91. The minimum Gasteiger partial charge on any atom is -0.337 e. The summed E-state index contributed by atoms with van der Waals surface area (Å²) in [6.07, 6.45) is 5.18. The molecular formula is C23H24N4S. The molecule has 28 heavy (non-hydrogen) atoms. The Kier molecular flexibility index (Phi) is 4.47. The molecule has 0 bridgehead atoms. The number of aliphatic imine (C=N–C) groups is 1. The summed E-state index contributed by atoms with van der Waals surface area (Å²) in [5.74, 6) is 1.12. The van der Waals surface area contributed by atoms with Crippen LogP contribution in [0.2, 0.25) is 0 Å². The van der Waals surface area contributed by atoms with Crippen LogP contribution in [0.5, 0.6) is 0 Å². The van der Waals surface area contributed by atoms with Gasteiger partial charge in [-0.25, -0.2) is 0 Å². The van der Waals surface area contributed by atoms with Gasteiger partial charge in [-0.3, -0.25) is 9.98 Å². The van der Waals surface area contributed by atoms with Crippen LogP contribution < -0.4 is 0 Å². The molecule has 0 radical (unpaired) electrons. The Bertz CT molecular complexity index is 1010. The summed E-state index contributed by atoms with van der Waals surface area (Å²) in [5.41, 5.74) is 4.83. The third-order valence-corrected chi connectivity index (χ3v) is 6.91. The van der Waals surface area contributed by atoms with E-state index in [1.165, 1.54) is 22.1 Å². The van der Waals surface area contributed by atoms with Crippen LogP contribution in [0, 0.1) is 6.92 Å². The molecule has 1 aromatic carbocycles. The molecule has 3 atom stereocenters. The second-order valence-corrected chi connectivity index (χ2v) is 8.41. The van der Waals surface area contributed by atoms with Gasteiger partial charge in [-0.15, -0.1) is 0 Å². The zero-order chi connectivity index (χ0) is 19.1. The first-order valence-corrected chi connectivity index (χ1v) is 10.9. The summed E-state index contributed by atoms with van der Waals surface area (Å²) in [4.78, 5) is 12.4. The van der Waals surface area contributed by atoms with Gasteiger partial charge in [0.1, 0.15) is 12.1 Å². The Morgan fingerprint density at radius 2 is 1.93 bits per heavy atom. The lowest BCUT2D eigenvalue weighted by atomic mass is 9.99. The molecule has 2 aliphatic heterocycles. The minimum atomic E-state index is 0.0238. The Hall–Kier alpha value is -2.53. The van der Waals surface area contributed by atoms with Crippen molar-refractivity contribution in [2.45, 2.75) is 38.4 Å². The molecule has 142 valence electrons. The van der Waals surface area contributed by atoms with Gasteiger partial charge in [0.15, 0.2) is 5.17 Å². The summed E-state index contributed by atoms with van der Waals surface area (Å²) in [6, 6.07) is 19.8. The lowest BCUT2D eigenvalue weighted by Crippen LogP contribution is -2.36. The van der Waals surface area contributed by atoms with Crippen molar-refractivity contribution in [2.24, 2.45) is 4.99 Å². The van der Waals surface area contributed by atoms with Crippen molar-refractivity contribution in [3.05, 3.63) is 83.9 Å². The Morgan fingerprint density at radius 3 is 2.71 bits per heavy atom. The molecule has 2 aromatic heterocycles. The number of benzene rings is 1. The molecule has 3 aromatic rings. The second-order valence-electron chi connectivity index (χ2n) is 7.43. The highest BCUT2D eigenvalue weighted by Crippen LogP contribution is 2.48. The van der Waals surface area contributed by atoms with Gasteiger partial charge in [0.25, 0.3) is 0 Å². The van der Waals surface area contributed by atoms with E-state index in [-0.39, 0.29) is 12.1 Å². The average molecular weight is 389 g/mol. The summed E-state index contributed by atoms with van der Waals surface area (Å²) in [5, 5.41) is 1.17. The van der Waals surface area contributed by atoms with Crippen molar-refractivity contribution in [1.82, 2.24) is 14.5 Å². The van der Waals surface area contributed by atoms with E-state index in [0.717, 1.165) is 17.9 Å². The second kappa shape index (κ2) is 7.13. The highest BCUT2D eigenvalue weighted by atomic mass is 32.2. The van der Waals surface area contributed by atoms with Gasteiger partial charge in [0, 0.05) is 35.6 Å². The zero-order valence-electron chi connectivity index (χ0n) is 16.2. The maximum atomic E-state index is 5.14. The molecule has 2 aliphatic rings. The third kappa shape index (κ3) is 2.76. The SMILES string of the molecule is CCC1CSC2=NC(c3ccccn3)C(c3cccn3-c3ccccc3C)N21. The smallest absolute Gasteiger partial charge is 0.160 e. The van der Waals surface area contributed by atoms with Gasteiger partial charge >= 0.3 is 0 Å². The van der Waals surface area contributed by atoms with Gasteiger partial charge in [0.2, 0.25) is 0 Å². The molecule has 0 N–H and O–H groups in total. The summed E-state index contributed by atoms with van der Waals surface area (Å²) < 4.78 is 2.34. The van der Waals surface area contributed by atoms with E-state index in [4.69, 9.17) is 4.99 Å². The van der Waals surface area contributed by atoms with Crippen LogP contribution in [0.15, 0.2) is 72.0 Å². The van der Waals surface area contributed by atoms with Crippen LogP contribution in [0.25, 0.3) is 5.69 Å². The number of amidine groups is 1. The number of fused-ring (bicyclic) bond motifs is 1. The largest absolute Gasteiger partial charge is 0.337 e. The maximum absolute atomic E-state index is 5.14. The monoisotopic (exact) mass is 388 g/mol. The summed E-state index contributed by atoms with van der Waals surface area (Å²) in [6.45, 7) is 4.45. The maximum Gasteiger partial charge on any atom is 0.160 e. The fraction of sp³-hybridized carbons (Fsp3) is 0.304.